The largest absolute Gasteiger partial charge is 0.452 e. The number of aryl methyl sites for hydroxylation is 1. The predicted octanol–water partition coefficient (Wildman–Crippen LogP) is 0.870. The molecule has 92 valence electrons. The van der Waals surface area contributed by atoms with Crippen LogP contribution in [0.1, 0.15) is 22.8 Å². The number of esters is 1. The molecule has 0 radical (unpaired) electrons. The van der Waals surface area contributed by atoms with Gasteiger partial charge in [0.2, 0.25) is 0 Å². The highest BCUT2D eigenvalue weighted by atomic mass is 16.5. The highest BCUT2D eigenvalue weighted by Gasteiger charge is 2.12. The number of ether oxygens (including phenoxy) is 1. The number of hydrogen-bond acceptors (Lipinski definition) is 4. The van der Waals surface area contributed by atoms with Crippen LogP contribution in [-0.2, 0) is 9.53 Å². The molecule has 0 spiro atoms. The minimum absolute atomic E-state index is 0.286. The van der Waals surface area contributed by atoms with Gasteiger partial charge in [-0.3, -0.25) is 4.79 Å². The maximum atomic E-state index is 11.6. The van der Waals surface area contributed by atoms with E-state index >= 15 is 0 Å². The first-order chi connectivity index (χ1) is 8.04. The van der Waals surface area contributed by atoms with E-state index in [9.17, 15) is 9.59 Å². The Morgan fingerprint density at radius 1 is 1.41 bits per heavy atom. The number of nitrogen functional groups attached to an aromatic ring is 1. The topological polar surface area (TPSA) is 81.4 Å². The lowest BCUT2D eigenvalue weighted by atomic mass is 10.1. The summed E-state index contributed by atoms with van der Waals surface area (Å²) in [7, 11) is 0. The summed E-state index contributed by atoms with van der Waals surface area (Å²) in [6.45, 7) is 3.85. The number of carbonyl (C=O) groups is 2. The smallest absolute Gasteiger partial charge is 0.340 e. The van der Waals surface area contributed by atoms with E-state index in [1.165, 1.54) is 0 Å². The Balaban J connectivity index is 2.64. The molecule has 0 aromatic heterocycles. The fraction of sp³-hybridized carbons (Fsp3) is 0.333. The quantitative estimate of drug-likeness (QED) is 0.600. The summed E-state index contributed by atoms with van der Waals surface area (Å²) in [6, 6.07) is 5.07. The molecule has 1 rings (SSSR count). The van der Waals surface area contributed by atoms with Crippen molar-refractivity contribution >= 4 is 17.6 Å². The molecule has 0 saturated carbocycles. The number of nitrogens with two attached hydrogens (primary N) is 1. The predicted molar refractivity (Wildman–Crippen MR) is 64.6 cm³/mol. The van der Waals surface area contributed by atoms with Crippen LogP contribution in [0.4, 0.5) is 5.69 Å². The maximum Gasteiger partial charge on any atom is 0.340 e. The van der Waals surface area contributed by atoms with E-state index in [1.807, 2.05) is 6.92 Å². The van der Waals surface area contributed by atoms with Crippen molar-refractivity contribution in [3.8, 4) is 0 Å². The Kier molecular flexibility index (Phi) is 4.51. The molecule has 5 heteroatoms. The average Bonchev–Trinajstić information content (AvgIpc) is 2.29. The first-order valence-electron chi connectivity index (χ1n) is 5.34. The summed E-state index contributed by atoms with van der Waals surface area (Å²) in [5.74, 6) is -0.912. The lowest BCUT2D eigenvalue weighted by Crippen LogP contribution is -2.28. The minimum Gasteiger partial charge on any atom is -0.452 e. The number of likely N-dealkylation sites (N-methyl/N-ethyl adjacent to an activating group) is 1. The summed E-state index contributed by atoms with van der Waals surface area (Å²) in [5.41, 5.74) is 7.19. The molecule has 0 fully saturated rings. The first-order valence-corrected chi connectivity index (χ1v) is 5.34. The highest BCUT2D eigenvalue weighted by molar-refractivity contribution is 5.96. The van der Waals surface area contributed by atoms with Gasteiger partial charge in [0.15, 0.2) is 6.61 Å². The molecular formula is C12H16N2O3. The van der Waals surface area contributed by atoms with Gasteiger partial charge in [-0.05, 0) is 26.0 Å². The zero-order chi connectivity index (χ0) is 12.8. The van der Waals surface area contributed by atoms with Crippen molar-refractivity contribution in [1.82, 2.24) is 5.32 Å². The number of nitrogens with one attached hydrogen (secondary N) is 1. The fourth-order valence-corrected chi connectivity index (χ4v) is 1.30. The Morgan fingerprint density at radius 2 is 2.12 bits per heavy atom. The molecule has 0 aliphatic heterocycles. The van der Waals surface area contributed by atoms with E-state index in [1.54, 1.807) is 25.1 Å². The molecule has 5 nitrogen and oxygen atoms in total. The van der Waals surface area contributed by atoms with Crippen molar-refractivity contribution in [2.75, 3.05) is 18.9 Å². The molecule has 0 saturated heterocycles. The number of anilines is 1. The lowest BCUT2D eigenvalue weighted by Gasteiger charge is -2.07. The van der Waals surface area contributed by atoms with Crippen LogP contribution in [0.15, 0.2) is 18.2 Å². The molecule has 0 aliphatic rings. The van der Waals surface area contributed by atoms with Crippen molar-refractivity contribution in [2.24, 2.45) is 0 Å². The number of rotatable bonds is 4. The normalized spacial score (nSPS) is 9.76. The van der Waals surface area contributed by atoms with E-state index in [0.717, 1.165) is 5.56 Å². The molecule has 0 heterocycles. The second kappa shape index (κ2) is 5.89. The zero-order valence-corrected chi connectivity index (χ0v) is 9.95. The van der Waals surface area contributed by atoms with Gasteiger partial charge in [0.05, 0.1) is 5.56 Å². The van der Waals surface area contributed by atoms with Crippen molar-refractivity contribution in [1.29, 1.82) is 0 Å². The van der Waals surface area contributed by atoms with Crippen LogP contribution >= 0.6 is 0 Å². The third-order valence-electron chi connectivity index (χ3n) is 2.14. The summed E-state index contributed by atoms with van der Waals surface area (Å²) in [5, 5.41) is 2.53. The van der Waals surface area contributed by atoms with Gasteiger partial charge in [-0.1, -0.05) is 11.6 Å². The fourth-order valence-electron chi connectivity index (χ4n) is 1.30. The Bertz CT molecular complexity index is 430. The third-order valence-corrected chi connectivity index (χ3v) is 2.14. The van der Waals surface area contributed by atoms with Crippen LogP contribution < -0.4 is 11.1 Å². The van der Waals surface area contributed by atoms with Crippen LogP contribution in [0.2, 0.25) is 0 Å². The van der Waals surface area contributed by atoms with Crippen LogP contribution in [0.25, 0.3) is 0 Å². The van der Waals surface area contributed by atoms with Gasteiger partial charge in [-0.25, -0.2) is 4.79 Å². The Hall–Kier alpha value is -2.04. The number of amides is 1. The standard InChI is InChI=1S/C12H16N2O3/c1-3-14-11(15)7-17-12(16)9-6-8(2)4-5-10(9)13/h4-6H,3,7,13H2,1-2H3,(H,14,15). The summed E-state index contributed by atoms with van der Waals surface area (Å²) in [6.07, 6.45) is 0. The summed E-state index contributed by atoms with van der Waals surface area (Å²) < 4.78 is 4.85. The van der Waals surface area contributed by atoms with Crippen molar-refractivity contribution in [3.63, 3.8) is 0 Å². The molecule has 3 N–H and O–H groups in total. The van der Waals surface area contributed by atoms with Gasteiger partial charge in [-0.2, -0.15) is 0 Å². The molecule has 1 aromatic carbocycles. The van der Waals surface area contributed by atoms with Gasteiger partial charge in [0.25, 0.3) is 5.91 Å². The maximum absolute atomic E-state index is 11.6. The van der Waals surface area contributed by atoms with Gasteiger partial charge < -0.3 is 15.8 Å². The van der Waals surface area contributed by atoms with E-state index in [4.69, 9.17) is 10.5 Å². The number of benzene rings is 1. The highest BCUT2D eigenvalue weighted by Crippen LogP contribution is 2.14. The number of carbonyl (C=O) groups excluding carboxylic acids is 2. The van der Waals surface area contributed by atoms with Crippen LogP contribution in [0.5, 0.6) is 0 Å². The van der Waals surface area contributed by atoms with E-state index in [-0.39, 0.29) is 18.1 Å². The van der Waals surface area contributed by atoms with Gasteiger partial charge in [0.1, 0.15) is 0 Å². The van der Waals surface area contributed by atoms with E-state index < -0.39 is 5.97 Å². The first kappa shape index (κ1) is 13.0. The molecule has 0 unspecified atom stereocenters. The van der Waals surface area contributed by atoms with Gasteiger partial charge in [0, 0.05) is 12.2 Å². The molecular weight excluding hydrogens is 220 g/mol. The van der Waals surface area contributed by atoms with Crippen molar-refractivity contribution < 1.29 is 14.3 Å². The molecule has 0 bridgehead atoms. The minimum atomic E-state index is -0.586. The monoisotopic (exact) mass is 236 g/mol. The molecule has 1 amide bonds. The van der Waals surface area contributed by atoms with E-state index in [2.05, 4.69) is 5.32 Å². The van der Waals surface area contributed by atoms with Crippen molar-refractivity contribution in [2.45, 2.75) is 13.8 Å². The van der Waals surface area contributed by atoms with Crippen LogP contribution in [-0.4, -0.2) is 25.0 Å². The van der Waals surface area contributed by atoms with E-state index in [0.29, 0.717) is 12.2 Å². The Morgan fingerprint density at radius 3 is 2.76 bits per heavy atom. The molecule has 0 aliphatic carbocycles. The second-order valence-corrected chi connectivity index (χ2v) is 3.62. The van der Waals surface area contributed by atoms with Crippen molar-refractivity contribution in [3.05, 3.63) is 29.3 Å². The third kappa shape index (κ3) is 3.79. The molecule has 1 aromatic rings. The molecule has 17 heavy (non-hydrogen) atoms. The van der Waals surface area contributed by atoms with Crippen LogP contribution in [0.3, 0.4) is 0 Å². The SMILES string of the molecule is CCNC(=O)COC(=O)c1cc(C)ccc1N. The zero-order valence-electron chi connectivity index (χ0n) is 9.95. The van der Waals surface area contributed by atoms with Crippen LogP contribution in [0, 0.1) is 6.92 Å². The second-order valence-electron chi connectivity index (χ2n) is 3.62. The Labute approximate surface area is 99.9 Å². The average molecular weight is 236 g/mol. The molecule has 0 atom stereocenters. The van der Waals surface area contributed by atoms with Gasteiger partial charge in [-0.15, -0.1) is 0 Å². The lowest BCUT2D eigenvalue weighted by molar-refractivity contribution is -0.124. The summed E-state index contributed by atoms with van der Waals surface area (Å²) >= 11 is 0. The van der Waals surface area contributed by atoms with Gasteiger partial charge >= 0.3 is 5.97 Å². The summed E-state index contributed by atoms with van der Waals surface area (Å²) in [4.78, 5) is 22.8. The number of hydrogen-bond donors (Lipinski definition) is 2.